The second-order valence-corrected chi connectivity index (χ2v) is 18.7. The number of carbonyl (C=O) groups excluding carboxylic acids is 4. The van der Waals surface area contributed by atoms with Gasteiger partial charge in [0, 0.05) is 29.7 Å². The first-order chi connectivity index (χ1) is 29.1. The predicted octanol–water partition coefficient (Wildman–Crippen LogP) is 3.96. The number of phosphoric acid groups is 1. The minimum Gasteiger partial charge on any atom is -0.457 e. The third-order valence-corrected chi connectivity index (χ3v) is 14.1. The molecule has 2 saturated carbocycles. The molecule has 16 nitrogen and oxygen atoms in total. The zero-order valence-corrected chi connectivity index (χ0v) is 35.8. The number of nitrogens with one attached hydrogen (secondary N) is 1. The molecule has 3 aliphatic carbocycles. The summed E-state index contributed by atoms with van der Waals surface area (Å²) < 4.78 is 40.5. The van der Waals surface area contributed by atoms with Crippen molar-refractivity contribution < 1.29 is 72.3 Å². The van der Waals surface area contributed by atoms with E-state index in [1.165, 1.54) is 19.1 Å². The molecule has 62 heavy (non-hydrogen) atoms. The fourth-order valence-electron chi connectivity index (χ4n) is 10.1. The van der Waals surface area contributed by atoms with Gasteiger partial charge in [-0.3, -0.25) is 18.9 Å². The van der Waals surface area contributed by atoms with E-state index in [2.05, 4.69) is 9.84 Å². The van der Waals surface area contributed by atoms with Gasteiger partial charge in [0.15, 0.2) is 12.6 Å². The van der Waals surface area contributed by atoms with Gasteiger partial charge in [-0.2, -0.15) is 0 Å². The summed E-state index contributed by atoms with van der Waals surface area (Å²) in [6, 6.07) is 24.2. The summed E-state index contributed by atoms with van der Waals surface area (Å²) in [5, 5.41) is 41.4. The quantitative estimate of drug-likeness (QED) is 0.0653. The second-order valence-electron chi connectivity index (χ2n) is 17.4. The maximum absolute atomic E-state index is 15.2. The Bertz CT molecular complexity index is 2270. The van der Waals surface area contributed by atoms with Crippen molar-refractivity contribution in [3.05, 3.63) is 119 Å². The maximum atomic E-state index is 15.2. The highest BCUT2D eigenvalue weighted by molar-refractivity contribution is 7.46. The van der Waals surface area contributed by atoms with E-state index in [0.717, 1.165) is 0 Å². The van der Waals surface area contributed by atoms with Crippen LogP contribution in [0.5, 0.6) is 0 Å². The smallest absolute Gasteiger partial charge is 0.457 e. The molecule has 1 heterocycles. The average molecular weight is 878 g/mol. The van der Waals surface area contributed by atoms with Crippen molar-refractivity contribution in [1.29, 1.82) is 0 Å². The van der Waals surface area contributed by atoms with Crippen LogP contribution in [0.2, 0.25) is 0 Å². The predicted molar refractivity (Wildman–Crippen MR) is 219 cm³/mol. The molecule has 17 heteroatoms. The second kappa shape index (κ2) is 16.8. The Morgan fingerprint density at radius 2 is 1.48 bits per heavy atom. The van der Waals surface area contributed by atoms with Gasteiger partial charge in [-0.05, 0) is 61.7 Å². The lowest BCUT2D eigenvalue weighted by Crippen LogP contribution is -2.81. The average Bonchev–Trinajstić information content (AvgIpc) is 3.24. The SMILES string of the molecule is CC1=C2C(O)C(=O)[C@]3(C)C(OCOP(=O)(O)O)CC4OCC4(O)C3C(OC(=O)c3ccccc3)C(O)(CC1OC(=O)[C@H](C)C(NC(=O)c1ccccc1)c1ccccc1)C2(C)C. The minimum atomic E-state index is -5.07. The van der Waals surface area contributed by atoms with Crippen LogP contribution in [0, 0.1) is 22.7 Å². The van der Waals surface area contributed by atoms with Gasteiger partial charge in [-0.15, -0.1) is 0 Å². The molecular weight excluding hydrogens is 825 g/mol. The standard InChI is InChI=1S/C45H52NO15P/c1-25-30(60-40(50)26(2)34(27-15-9-6-10-16-27)46-39(49)28-17-11-7-12-18-28)22-45(53)38(61-41(51)29-19-13-8-14-20-29)36-43(5,37(48)35(47)33(25)42(45,3)4)31(58-24-59-62(54,55)56)21-32-44(36,52)23-57-32/h6-20,26,30-32,34-36,38,47,52-53H,21-24H2,1-5H3,(H,46,49)(H2,54,55,56)/t26-,30?,31?,32?,34?,35?,36?,38?,43-,44?,45?/m1/s1. The number of esters is 2. The van der Waals surface area contributed by atoms with Crippen molar-refractivity contribution in [1.82, 2.24) is 5.32 Å². The summed E-state index contributed by atoms with van der Waals surface area (Å²) in [6.07, 6.45) is -8.36. The van der Waals surface area contributed by atoms with Crippen LogP contribution in [0.3, 0.4) is 0 Å². The van der Waals surface area contributed by atoms with Gasteiger partial charge < -0.3 is 49.4 Å². The first-order valence-corrected chi connectivity index (χ1v) is 21.9. The first-order valence-electron chi connectivity index (χ1n) is 20.3. The number of aliphatic hydroxyl groups is 3. The lowest BCUT2D eigenvalue weighted by molar-refractivity contribution is -0.349. The van der Waals surface area contributed by atoms with E-state index in [-0.39, 0.29) is 29.7 Å². The zero-order valence-electron chi connectivity index (χ0n) is 34.9. The Hall–Kier alpha value is -4.61. The lowest BCUT2D eigenvalue weighted by atomic mass is 9.44. The van der Waals surface area contributed by atoms with Crippen molar-refractivity contribution >= 4 is 31.5 Å². The summed E-state index contributed by atoms with van der Waals surface area (Å²) >= 11 is 0. The van der Waals surface area contributed by atoms with Crippen LogP contribution in [-0.4, -0.2) is 104 Å². The fourth-order valence-corrected chi connectivity index (χ4v) is 10.3. The number of Topliss-reactive ketones (excluding diaryl/α,β-unsaturated/α-hetero) is 1. The summed E-state index contributed by atoms with van der Waals surface area (Å²) in [5.41, 5.74) is -6.80. The number of hydrogen-bond donors (Lipinski definition) is 6. The molecule has 332 valence electrons. The van der Waals surface area contributed by atoms with Crippen LogP contribution in [0.25, 0.3) is 0 Å². The molecule has 0 aromatic heterocycles. The van der Waals surface area contributed by atoms with E-state index >= 15 is 4.79 Å². The van der Waals surface area contributed by atoms with E-state index in [1.807, 2.05) is 0 Å². The summed E-state index contributed by atoms with van der Waals surface area (Å²) in [5.74, 6) is -5.76. The highest BCUT2D eigenvalue weighted by atomic mass is 31.2. The number of aliphatic hydroxyl groups excluding tert-OH is 1. The molecule has 3 fully saturated rings. The molecule has 1 saturated heterocycles. The zero-order chi connectivity index (χ0) is 45.0. The van der Waals surface area contributed by atoms with E-state index in [1.54, 1.807) is 107 Å². The van der Waals surface area contributed by atoms with Crippen molar-refractivity contribution in [2.75, 3.05) is 13.4 Å². The summed E-state index contributed by atoms with van der Waals surface area (Å²) in [4.78, 5) is 76.2. The van der Waals surface area contributed by atoms with Gasteiger partial charge in [0.25, 0.3) is 5.91 Å². The van der Waals surface area contributed by atoms with Crippen molar-refractivity contribution in [3.63, 3.8) is 0 Å². The number of rotatable bonds is 12. The number of phosphoric ester groups is 1. The lowest BCUT2D eigenvalue weighted by Gasteiger charge is -2.67. The maximum Gasteiger partial charge on any atom is 0.471 e. The number of ketones is 1. The number of carbonyl (C=O) groups is 4. The topological polar surface area (TPSA) is 245 Å². The third kappa shape index (κ3) is 7.86. The third-order valence-electron chi connectivity index (χ3n) is 13.7. The van der Waals surface area contributed by atoms with Crippen LogP contribution >= 0.6 is 7.82 Å². The molecule has 11 atom stereocenters. The molecule has 3 aromatic carbocycles. The Morgan fingerprint density at radius 3 is 2.05 bits per heavy atom. The number of hydrogen-bond acceptors (Lipinski definition) is 13. The molecule has 4 aliphatic rings. The molecule has 1 aliphatic heterocycles. The number of fused-ring (bicyclic) bond motifs is 5. The summed E-state index contributed by atoms with van der Waals surface area (Å²) in [7, 11) is -5.07. The molecular formula is C45H52NO15P. The molecule has 0 radical (unpaired) electrons. The Balaban J connectivity index is 1.33. The molecule has 7 rings (SSSR count). The van der Waals surface area contributed by atoms with Crippen molar-refractivity contribution in [3.8, 4) is 0 Å². The Kier molecular flexibility index (Phi) is 12.3. The summed E-state index contributed by atoms with van der Waals surface area (Å²) in [6.45, 7) is 6.24. The molecule has 1 amide bonds. The largest absolute Gasteiger partial charge is 0.471 e. The Morgan fingerprint density at radius 1 is 0.903 bits per heavy atom. The minimum absolute atomic E-state index is 0.0386. The number of amides is 1. The van der Waals surface area contributed by atoms with E-state index in [4.69, 9.17) is 18.9 Å². The number of ether oxygens (including phenoxy) is 4. The van der Waals surface area contributed by atoms with Crippen LogP contribution in [0.4, 0.5) is 0 Å². The van der Waals surface area contributed by atoms with Crippen molar-refractivity contribution in [2.45, 2.75) is 95.2 Å². The Labute approximate surface area is 358 Å². The fraction of sp³-hybridized carbons (Fsp3) is 0.467. The molecule has 9 unspecified atom stereocenters. The van der Waals surface area contributed by atoms with Gasteiger partial charge in [-0.1, -0.05) is 80.6 Å². The number of benzene rings is 3. The highest BCUT2D eigenvalue weighted by Crippen LogP contribution is 2.64. The van der Waals surface area contributed by atoms with E-state index < -0.39 is 115 Å². The van der Waals surface area contributed by atoms with Gasteiger partial charge in [-0.25, -0.2) is 9.36 Å². The van der Waals surface area contributed by atoms with Crippen molar-refractivity contribution in [2.24, 2.45) is 22.7 Å². The van der Waals surface area contributed by atoms with Crippen LogP contribution < -0.4 is 5.32 Å². The molecule has 3 aromatic rings. The monoisotopic (exact) mass is 877 g/mol. The van der Waals surface area contributed by atoms with Crippen LogP contribution in [0.15, 0.2) is 102 Å². The van der Waals surface area contributed by atoms with Crippen LogP contribution in [-0.2, 0) is 37.6 Å². The van der Waals surface area contributed by atoms with Gasteiger partial charge in [0.2, 0.25) is 0 Å². The molecule has 0 spiro atoms. The van der Waals surface area contributed by atoms with Gasteiger partial charge in [0.05, 0.1) is 41.8 Å². The van der Waals surface area contributed by atoms with Gasteiger partial charge >= 0.3 is 19.8 Å². The van der Waals surface area contributed by atoms with E-state index in [9.17, 15) is 44.1 Å². The normalized spacial score (nSPS) is 32.4. The van der Waals surface area contributed by atoms with Gasteiger partial charge in [0.1, 0.15) is 29.5 Å². The van der Waals surface area contributed by atoms with E-state index in [0.29, 0.717) is 11.1 Å². The molecule has 2 bridgehead atoms. The molecule has 6 N–H and O–H groups in total. The van der Waals surface area contributed by atoms with Crippen LogP contribution in [0.1, 0.15) is 79.8 Å². The highest BCUT2D eigenvalue weighted by Gasteiger charge is 2.76. The first kappa shape index (κ1) is 45.4.